The van der Waals surface area contributed by atoms with E-state index in [1.165, 1.54) is 0 Å². The van der Waals surface area contributed by atoms with Crippen LogP contribution in [0.15, 0.2) is 4.41 Å². The number of halogens is 1. The van der Waals surface area contributed by atoms with Crippen molar-refractivity contribution >= 4 is 34.0 Å². The Bertz CT molecular complexity index is 324. The zero-order valence-corrected chi connectivity index (χ0v) is 17.0. The highest BCUT2D eigenvalue weighted by Crippen LogP contribution is 2.71. The molecule has 0 aliphatic rings. The first kappa shape index (κ1) is 18.0. The largest absolute Gasteiger partial charge is 0.323 e. The van der Waals surface area contributed by atoms with Crippen LogP contribution in [0.2, 0.25) is 39.3 Å². The van der Waals surface area contributed by atoms with Gasteiger partial charge in [0, 0.05) is 16.8 Å². The minimum Gasteiger partial charge on any atom is -0.323 e. The molecule has 0 N–H and O–H groups in total. The van der Waals surface area contributed by atoms with Gasteiger partial charge in [0.25, 0.3) is 0 Å². The lowest BCUT2D eigenvalue weighted by Gasteiger charge is -2.47. The third-order valence-corrected chi connectivity index (χ3v) is 20.5. The molecular formula is C12H31ClNPSi2. The second-order valence-corrected chi connectivity index (χ2v) is 24.0. The van der Waals surface area contributed by atoms with Crippen LogP contribution in [-0.2, 0) is 0 Å². The van der Waals surface area contributed by atoms with Gasteiger partial charge >= 0.3 is 0 Å². The monoisotopic (exact) mass is 311 g/mol. The number of hydrogen-bond acceptors (Lipinski definition) is 1. The summed E-state index contributed by atoms with van der Waals surface area (Å²) >= 11 is 7.15. The number of hydrogen-bond donors (Lipinski definition) is 0. The van der Waals surface area contributed by atoms with Crippen molar-refractivity contribution in [3.63, 3.8) is 0 Å². The second kappa shape index (κ2) is 5.15. The van der Waals surface area contributed by atoms with Gasteiger partial charge in [0.05, 0.1) is 8.07 Å². The molecule has 0 amide bonds. The molecule has 1 unspecified atom stereocenters. The molecule has 0 heterocycles. The third-order valence-electron chi connectivity index (χ3n) is 3.75. The van der Waals surface area contributed by atoms with Gasteiger partial charge in [-0.3, -0.25) is 0 Å². The van der Waals surface area contributed by atoms with E-state index in [2.05, 4.69) is 67.0 Å². The summed E-state index contributed by atoms with van der Waals surface area (Å²) in [5, 5.41) is 0. The Hall–Kier alpha value is 0.954. The van der Waals surface area contributed by atoms with Crippen molar-refractivity contribution in [2.75, 3.05) is 0 Å². The maximum atomic E-state index is 7.15. The van der Waals surface area contributed by atoms with Crippen LogP contribution < -0.4 is 0 Å². The Labute approximate surface area is 116 Å². The van der Waals surface area contributed by atoms with Crippen molar-refractivity contribution < 1.29 is 0 Å². The smallest absolute Gasteiger partial charge is 0.172 e. The van der Waals surface area contributed by atoms with Gasteiger partial charge in [-0.1, -0.05) is 78.2 Å². The van der Waals surface area contributed by atoms with Crippen LogP contribution in [0.3, 0.4) is 0 Å². The van der Waals surface area contributed by atoms with Crippen molar-refractivity contribution in [1.82, 2.24) is 0 Å². The van der Waals surface area contributed by atoms with E-state index < -0.39 is 22.7 Å². The van der Waals surface area contributed by atoms with Crippen molar-refractivity contribution in [2.24, 2.45) is 4.41 Å². The van der Waals surface area contributed by atoms with Crippen molar-refractivity contribution in [2.45, 2.75) is 77.4 Å². The zero-order valence-electron chi connectivity index (χ0n) is 13.3. The molecule has 1 nitrogen and oxygen atoms in total. The number of nitrogens with zero attached hydrogens (tertiary/aromatic N) is 1. The van der Waals surface area contributed by atoms with Gasteiger partial charge in [-0.15, -0.1) is 0 Å². The molecule has 104 valence electrons. The van der Waals surface area contributed by atoms with E-state index in [9.17, 15) is 0 Å². The molecule has 0 bridgehead atoms. The Morgan fingerprint density at radius 3 is 1.53 bits per heavy atom. The summed E-state index contributed by atoms with van der Waals surface area (Å²) in [5.74, 6) is 0. The van der Waals surface area contributed by atoms with Gasteiger partial charge < -0.3 is 4.41 Å². The van der Waals surface area contributed by atoms with Crippen molar-refractivity contribution in [1.29, 1.82) is 0 Å². The van der Waals surface area contributed by atoms with Crippen molar-refractivity contribution in [3.05, 3.63) is 0 Å². The highest BCUT2D eigenvalue weighted by molar-refractivity contribution is 7.95. The summed E-state index contributed by atoms with van der Waals surface area (Å²) in [4.78, 5) is 0. The van der Waals surface area contributed by atoms with E-state index >= 15 is 0 Å². The van der Waals surface area contributed by atoms with Crippen LogP contribution in [0.5, 0.6) is 0 Å². The van der Waals surface area contributed by atoms with Gasteiger partial charge in [0.1, 0.15) is 0 Å². The molecule has 0 saturated heterocycles. The highest BCUT2D eigenvalue weighted by Gasteiger charge is 2.48. The summed E-state index contributed by atoms with van der Waals surface area (Å²) < 4.78 is 5.43. The van der Waals surface area contributed by atoms with Gasteiger partial charge in [-0.2, -0.15) is 0 Å². The fraction of sp³-hybridized carbons (Fsp3) is 1.00. The topological polar surface area (TPSA) is 12.4 Å². The van der Waals surface area contributed by atoms with Gasteiger partial charge in [-0.05, 0) is 0 Å². The third kappa shape index (κ3) is 3.96. The van der Waals surface area contributed by atoms with E-state index in [1.54, 1.807) is 0 Å². The Balaban J connectivity index is 5.96. The molecular weight excluding hydrogens is 281 g/mol. The predicted molar refractivity (Wildman–Crippen MR) is 91.1 cm³/mol. The van der Waals surface area contributed by atoms with Crippen LogP contribution in [0.4, 0.5) is 0 Å². The van der Waals surface area contributed by atoms with Crippen molar-refractivity contribution in [3.8, 4) is 0 Å². The van der Waals surface area contributed by atoms with Crippen LogP contribution >= 0.6 is 17.6 Å². The quantitative estimate of drug-likeness (QED) is 0.430. The standard InChI is InChI=1S/C12H31ClNPSi2/c1-11(2)15(13,14-17(8,9)10)12(3,4)16(5,6)7/h11H,1-10H3. The summed E-state index contributed by atoms with van der Waals surface area (Å²) in [6, 6.07) is 0. The summed E-state index contributed by atoms with van der Waals surface area (Å²) in [5.41, 5.74) is 0.484. The molecule has 0 radical (unpaired) electrons. The van der Waals surface area contributed by atoms with E-state index in [-0.39, 0.29) is 4.78 Å². The average Bonchev–Trinajstić information content (AvgIpc) is 1.97. The van der Waals surface area contributed by atoms with Gasteiger partial charge in [0.2, 0.25) is 0 Å². The fourth-order valence-corrected chi connectivity index (χ4v) is 17.8. The molecule has 0 aromatic rings. The minimum absolute atomic E-state index is 0.204. The van der Waals surface area contributed by atoms with E-state index in [0.29, 0.717) is 5.66 Å². The van der Waals surface area contributed by atoms with Crippen LogP contribution in [0.1, 0.15) is 27.7 Å². The molecule has 0 aliphatic heterocycles. The maximum absolute atomic E-state index is 7.15. The Morgan fingerprint density at radius 2 is 1.35 bits per heavy atom. The van der Waals surface area contributed by atoms with E-state index in [0.717, 1.165) is 0 Å². The maximum Gasteiger partial charge on any atom is 0.172 e. The number of rotatable bonds is 4. The molecule has 0 aromatic heterocycles. The average molecular weight is 312 g/mol. The Kier molecular flexibility index (Phi) is 5.44. The van der Waals surface area contributed by atoms with E-state index in [1.807, 2.05) is 0 Å². The Morgan fingerprint density at radius 1 is 1.00 bits per heavy atom. The molecule has 0 saturated carbocycles. The molecule has 5 heteroatoms. The fourth-order valence-electron chi connectivity index (χ4n) is 1.79. The molecule has 17 heavy (non-hydrogen) atoms. The molecule has 0 rings (SSSR count). The van der Waals surface area contributed by atoms with Crippen LogP contribution in [-0.4, -0.2) is 26.7 Å². The van der Waals surface area contributed by atoms with Gasteiger partial charge in [-0.25, -0.2) is 0 Å². The lowest BCUT2D eigenvalue weighted by Crippen LogP contribution is -2.47. The second-order valence-electron chi connectivity index (χ2n) is 7.78. The minimum atomic E-state index is -1.77. The predicted octanol–water partition coefficient (Wildman–Crippen LogP) is 6.24. The summed E-state index contributed by atoms with van der Waals surface area (Å²) in [7, 11) is -2.82. The summed E-state index contributed by atoms with van der Waals surface area (Å²) in [6.45, 7) is 23.4. The first-order valence-corrected chi connectivity index (χ1v) is 16.1. The van der Waals surface area contributed by atoms with E-state index in [4.69, 9.17) is 15.7 Å². The highest BCUT2D eigenvalue weighted by atomic mass is 35.7. The lowest BCUT2D eigenvalue weighted by molar-refractivity contribution is 0.900. The molecule has 0 aromatic carbocycles. The molecule has 0 spiro atoms. The molecule has 0 fully saturated rings. The van der Waals surface area contributed by atoms with Crippen LogP contribution in [0, 0.1) is 0 Å². The summed E-state index contributed by atoms with van der Waals surface area (Å²) in [6.07, 6.45) is -1.77. The first-order valence-electron chi connectivity index (χ1n) is 6.48. The lowest BCUT2D eigenvalue weighted by atomic mass is 10.5. The molecule has 0 aliphatic carbocycles. The first-order chi connectivity index (χ1) is 7.15. The van der Waals surface area contributed by atoms with Gasteiger partial charge in [0.15, 0.2) is 8.24 Å². The zero-order chi connectivity index (χ0) is 14.3. The van der Waals surface area contributed by atoms with Crippen LogP contribution in [0.25, 0.3) is 0 Å². The normalized spacial score (nSPS) is 18.1. The SMILES string of the molecule is CC(C)P(Cl)(=N[Si](C)(C)C)C(C)(C)[Si](C)(C)C. The molecule has 1 atom stereocenters.